The molecule has 0 saturated carbocycles. The van der Waals surface area contributed by atoms with Crippen molar-refractivity contribution >= 4 is 0 Å². The summed E-state index contributed by atoms with van der Waals surface area (Å²) in [5, 5.41) is 7.06. The van der Waals surface area contributed by atoms with E-state index in [2.05, 4.69) is 24.6 Å². The molecule has 2 heteroatoms. The fraction of sp³-hybridized carbons (Fsp3) is 1.00. The molecule has 0 aliphatic carbocycles. The molecule has 0 radical (unpaired) electrons. The van der Waals surface area contributed by atoms with Gasteiger partial charge in [0, 0.05) is 12.1 Å². The SMILES string of the molecule is CCCC[C@@H](NC)[C@@H]1CCCCN1. The molecular weight excluding hydrogens is 160 g/mol. The molecule has 1 aliphatic rings. The molecule has 0 aromatic carbocycles. The molecule has 0 aromatic heterocycles. The normalized spacial score (nSPS) is 25.8. The van der Waals surface area contributed by atoms with Crippen LogP contribution in [-0.4, -0.2) is 25.7 Å². The van der Waals surface area contributed by atoms with Crippen LogP contribution in [-0.2, 0) is 0 Å². The molecule has 0 aromatic rings. The highest BCUT2D eigenvalue weighted by molar-refractivity contribution is 4.83. The van der Waals surface area contributed by atoms with Crippen molar-refractivity contribution in [2.24, 2.45) is 0 Å². The second-order valence-corrected chi connectivity index (χ2v) is 4.09. The van der Waals surface area contributed by atoms with Gasteiger partial charge in [0.1, 0.15) is 0 Å². The highest BCUT2D eigenvalue weighted by Crippen LogP contribution is 2.14. The van der Waals surface area contributed by atoms with Gasteiger partial charge in [-0.05, 0) is 32.9 Å². The third-order valence-corrected chi connectivity index (χ3v) is 3.07. The van der Waals surface area contributed by atoms with E-state index < -0.39 is 0 Å². The molecule has 1 aliphatic heterocycles. The largest absolute Gasteiger partial charge is 0.315 e. The minimum atomic E-state index is 0.695. The van der Waals surface area contributed by atoms with Gasteiger partial charge in [0.15, 0.2) is 0 Å². The van der Waals surface area contributed by atoms with E-state index in [1.54, 1.807) is 0 Å². The Labute approximate surface area is 82.5 Å². The van der Waals surface area contributed by atoms with Gasteiger partial charge in [0.2, 0.25) is 0 Å². The number of likely N-dealkylation sites (N-methyl/N-ethyl adjacent to an activating group) is 1. The van der Waals surface area contributed by atoms with Gasteiger partial charge in [-0.2, -0.15) is 0 Å². The average Bonchev–Trinajstić information content (AvgIpc) is 2.21. The summed E-state index contributed by atoms with van der Waals surface area (Å²) in [5.41, 5.74) is 0. The topological polar surface area (TPSA) is 24.1 Å². The molecule has 2 N–H and O–H groups in total. The Hall–Kier alpha value is -0.0800. The summed E-state index contributed by atoms with van der Waals surface area (Å²) in [6.45, 7) is 3.48. The van der Waals surface area contributed by atoms with Crippen LogP contribution in [0.1, 0.15) is 45.4 Å². The Morgan fingerprint density at radius 3 is 2.85 bits per heavy atom. The highest BCUT2D eigenvalue weighted by atomic mass is 15.0. The van der Waals surface area contributed by atoms with Crippen molar-refractivity contribution in [1.29, 1.82) is 0 Å². The molecule has 0 unspecified atom stereocenters. The quantitative estimate of drug-likeness (QED) is 0.682. The first-order valence-electron chi connectivity index (χ1n) is 5.79. The maximum Gasteiger partial charge on any atom is 0.0221 e. The molecule has 1 saturated heterocycles. The van der Waals surface area contributed by atoms with Gasteiger partial charge in [0.05, 0.1) is 0 Å². The zero-order chi connectivity index (χ0) is 9.52. The van der Waals surface area contributed by atoms with E-state index in [1.807, 2.05) is 0 Å². The van der Waals surface area contributed by atoms with E-state index in [-0.39, 0.29) is 0 Å². The smallest absolute Gasteiger partial charge is 0.0221 e. The monoisotopic (exact) mass is 184 g/mol. The van der Waals surface area contributed by atoms with Gasteiger partial charge >= 0.3 is 0 Å². The van der Waals surface area contributed by atoms with Crippen LogP contribution in [0.4, 0.5) is 0 Å². The molecule has 78 valence electrons. The Bertz CT molecular complexity index is 119. The predicted molar refractivity (Wildman–Crippen MR) is 58.0 cm³/mol. The van der Waals surface area contributed by atoms with E-state index >= 15 is 0 Å². The second kappa shape index (κ2) is 6.39. The maximum atomic E-state index is 3.62. The van der Waals surface area contributed by atoms with E-state index in [9.17, 15) is 0 Å². The van der Waals surface area contributed by atoms with Crippen LogP contribution in [0, 0.1) is 0 Å². The van der Waals surface area contributed by atoms with Crippen LogP contribution in [0.15, 0.2) is 0 Å². The fourth-order valence-electron chi connectivity index (χ4n) is 2.19. The van der Waals surface area contributed by atoms with Crippen LogP contribution >= 0.6 is 0 Å². The lowest BCUT2D eigenvalue weighted by atomic mass is 9.94. The first-order valence-corrected chi connectivity index (χ1v) is 5.79. The van der Waals surface area contributed by atoms with Crippen LogP contribution in [0.25, 0.3) is 0 Å². The summed E-state index contributed by atoms with van der Waals surface area (Å²) < 4.78 is 0. The summed E-state index contributed by atoms with van der Waals surface area (Å²) in [5.74, 6) is 0. The van der Waals surface area contributed by atoms with E-state index in [1.165, 1.54) is 45.1 Å². The molecule has 1 rings (SSSR count). The number of nitrogens with one attached hydrogen (secondary N) is 2. The van der Waals surface area contributed by atoms with E-state index in [4.69, 9.17) is 0 Å². The number of hydrogen-bond donors (Lipinski definition) is 2. The standard InChI is InChI=1S/C11H24N2/c1-3-4-7-10(12-2)11-8-5-6-9-13-11/h10-13H,3-9H2,1-2H3/t10-,11+/m1/s1. The lowest BCUT2D eigenvalue weighted by molar-refractivity contribution is 0.306. The molecule has 2 nitrogen and oxygen atoms in total. The van der Waals surface area contributed by atoms with Crippen LogP contribution < -0.4 is 10.6 Å². The second-order valence-electron chi connectivity index (χ2n) is 4.09. The molecule has 1 fully saturated rings. The molecule has 0 spiro atoms. The van der Waals surface area contributed by atoms with Crippen molar-refractivity contribution in [3.63, 3.8) is 0 Å². The lowest BCUT2D eigenvalue weighted by Gasteiger charge is -2.31. The predicted octanol–water partition coefficient (Wildman–Crippen LogP) is 1.91. The van der Waals surface area contributed by atoms with Crippen LogP contribution in [0.5, 0.6) is 0 Å². The summed E-state index contributed by atoms with van der Waals surface area (Å²) in [6.07, 6.45) is 8.11. The van der Waals surface area contributed by atoms with Crippen molar-refractivity contribution in [1.82, 2.24) is 10.6 Å². The molecule has 2 atom stereocenters. The third kappa shape index (κ3) is 3.65. The Balaban J connectivity index is 2.26. The van der Waals surface area contributed by atoms with Crippen LogP contribution in [0.3, 0.4) is 0 Å². The summed E-state index contributed by atoms with van der Waals surface area (Å²) in [6, 6.07) is 1.42. The fourth-order valence-corrected chi connectivity index (χ4v) is 2.19. The average molecular weight is 184 g/mol. The summed E-state index contributed by atoms with van der Waals surface area (Å²) >= 11 is 0. The van der Waals surface area contributed by atoms with Crippen molar-refractivity contribution < 1.29 is 0 Å². The van der Waals surface area contributed by atoms with E-state index in [0.717, 1.165) is 6.04 Å². The lowest BCUT2D eigenvalue weighted by Crippen LogP contribution is -2.48. The van der Waals surface area contributed by atoms with Gasteiger partial charge in [-0.3, -0.25) is 0 Å². The maximum absolute atomic E-state index is 3.62. The minimum absolute atomic E-state index is 0.695. The Morgan fingerprint density at radius 1 is 1.46 bits per heavy atom. The number of unbranched alkanes of at least 4 members (excludes halogenated alkanes) is 1. The van der Waals surface area contributed by atoms with Gasteiger partial charge in [-0.25, -0.2) is 0 Å². The zero-order valence-electron chi connectivity index (χ0n) is 9.10. The van der Waals surface area contributed by atoms with Crippen molar-refractivity contribution in [3.05, 3.63) is 0 Å². The van der Waals surface area contributed by atoms with Crippen LogP contribution in [0.2, 0.25) is 0 Å². The van der Waals surface area contributed by atoms with Gasteiger partial charge in [-0.15, -0.1) is 0 Å². The third-order valence-electron chi connectivity index (χ3n) is 3.07. The molecule has 13 heavy (non-hydrogen) atoms. The molecular formula is C11H24N2. The van der Waals surface area contributed by atoms with Gasteiger partial charge in [0.25, 0.3) is 0 Å². The number of hydrogen-bond acceptors (Lipinski definition) is 2. The molecule has 0 bridgehead atoms. The number of rotatable bonds is 5. The summed E-state index contributed by atoms with van der Waals surface area (Å²) in [4.78, 5) is 0. The Kier molecular flexibility index (Phi) is 5.40. The zero-order valence-corrected chi connectivity index (χ0v) is 9.10. The first-order chi connectivity index (χ1) is 6.38. The van der Waals surface area contributed by atoms with E-state index in [0.29, 0.717) is 6.04 Å². The van der Waals surface area contributed by atoms with Gasteiger partial charge in [-0.1, -0.05) is 26.2 Å². The number of piperidine rings is 1. The Morgan fingerprint density at radius 2 is 2.31 bits per heavy atom. The molecule has 0 amide bonds. The first kappa shape index (κ1) is 11.0. The highest BCUT2D eigenvalue weighted by Gasteiger charge is 2.20. The van der Waals surface area contributed by atoms with Crippen molar-refractivity contribution in [2.75, 3.05) is 13.6 Å². The van der Waals surface area contributed by atoms with Crippen molar-refractivity contribution in [2.45, 2.75) is 57.5 Å². The molecule has 1 heterocycles. The van der Waals surface area contributed by atoms with Crippen molar-refractivity contribution in [3.8, 4) is 0 Å². The van der Waals surface area contributed by atoms with Gasteiger partial charge < -0.3 is 10.6 Å². The summed E-state index contributed by atoms with van der Waals surface area (Å²) in [7, 11) is 2.09. The minimum Gasteiger partial charge on any atom is -0.315 e.